The minimum absolute atomic E-state index is 0.0132. The van der Waals surface area contributed by atoms with Crippen LogP contribution in [0.4, 0.5) is 0 Å². The average Bonchev–Trinajstić information content (AvgIpc) is 2.33. The summed E-state index contributed by atoms with van der Waals surface area (Å²) in [5.41, 5.74) is 0.234. The van der Waals surface area contributed by atoms with Crippen LogP contribution in [0.15, 0.2) is 6.07 Å². The van der Waals surface area contributed by atoms with E-state index < -0.39 is 0 Å². The lowest BCUT2D eigenvalue weighted by Gasteiger charge is -2.23. The highest BCUT2D eigenvalue weighted by Crippen LogP contribution is 2.16. The molecule has 2 heterocycles. The van der Waals surface area contributed by atoms with E-state index in [1.807, 2.05) is 0 Å². The molecule has 1 aliphatic heterocycles. The van der Waals surface area contributed by atoms with E-state index in [1.165, 1.54) is 6.07 Å². The maximum Gasteiger partial charge on any atom is 0.254 e. The van der Waals surface area contributed by atoms with Crippen molar-refractivity contribution in [2.75, 3.05) is 13.2 Å². The summed E-state index contributed by atoms with van der Waals surface area (Å²) in [5.74, 6) is -0.303. The van der Waals surface area contributed by atoms with Crippen LogP contribution in [0.2, 0.25) is 10.3 Å². The molecule has 1 unspecified atom stereocenters. The predicted octanol–water partition coefficient (Wildman–Crippen LogP) is 1.69. The van der Waals surface area contributed by atoms with E-state index in [0.717, 1.165) is 19.4 Å². The lowest BCUT2D eigenvalue weighted by atomic mass is 10.1. The van der Waals surface area contributed by atoms with Crippen LogP contribution in [0, 0.1) is 0 Å². The van der Waals surface area contributed by atoms with Gasteiger partial charge in [0.05, 0.1) is 18.2 Å². The Morgan fingerprint density at radius 1 is 1.47 bits per heavy atom. The number of hydrogen-bond acceptors (Lipinski definition) is 4. The zero-order chi connectivity index (χ0) is 12.3. The van der Waals surface area contributed by atoms with Gasteiger partial charge < -0.3 is 10.1 Å². The van der Waals surface area contributed by atoms with Crippen molar-refractivity contribution in [2.45, 2.75) is 18.9 Å². The number of halogens is 2. The van der Waals surface area contributed by atoms with Gasteiger partial charge in [0.2, 0.25) is 0 Å². The molecule has 1 aliphatic rings. The Morgan fingerprint density at radius 3 is 3.00 bits per heavy atom. The van der Waals surface area contributed by atoms with Crippen molar-refractivity contribution in [3.63, 3.8) is 0 Å². The molecule has 0 saturated carbocycles. The van der Waals surface area contributed by atoms with Crippen molar-refractivity contribution in [3.05, 3.63) is 21.9 Å². The van der Waals surface area contributed by atoms with E-state index in [-0.39, 0.29) is 27.8 Å². The summed E-state index contributed by atoms with van der Waals surface area (Å²) in [6, 6.07) is 1.41. The third-order valence-corrected chi connectivity index (χ3v) is 2.92. The van der Waals surface area contributed by atoms with Crippen LogP contribution < -0.4 is 5.32 Å². The number of nitrogens with one attached hydrogen (secondary N) is 1. The summed E-state index contributed by atoms with van der Waals surface area (Å²) >= 11 is 11.5. The van der Waals surface area contributed by atoms with Gasteiger partial charge >= 0.3 is 0 Å². The molecule has 2 rings (SSSR count). The first-order valence-electron chi connectivity index (χ1n) is 5.24. The van der Waals surface area contributed by atoms with Gasteiger partial charge in [0.1, 0.15) is 0 Å². The smallest absolute Gasteiger partial charge is 0.254 e. The molecule has 1 N–H and O–H groups in total. The van der Waals surface area contributed by atoms with Crippen molar-refractivity contribution in [1.82, 2.24) is 15.5 Å². The van der Waals surface area contributed by atoms with Crippen molar-refractivity contribution >= 4 is 29.1 Å². The number of amides is 1. The summed E-state index contributed by atoms with van der Waals surface area (Å²) < 4.78 is 5.27. The Labute approximate surface area is 108 Å². The molecular formula is C10H11Cl2N3O2. The van der Waals surface area contributed by atoms with Crippen LogP contribution in [-0.2, 0) is 4.74 Å². The minimum atomic E-state index is -0.303. The van der Waals surface area contributed by atoms with Gasteiger partial charge in [-0.25, -0.2) is 0 Å². The van der Waals surface area contributed by atoms with Gasteiger partial charge in [-0.3, -0.25) is 4.79 Å². The Morgan fingerprint density at radius 2 is 2.29 bits per heavy atom. The zero-order valence-electron chi connectivity index (χ0n) is 8.95. The first-order valence-corrected chi connectivity index (χ1v) is 6.00. The molecule has 1 fully saturated rings. The number of nitrogens with zero attached hydrogens (tertiary/aromatic N) is 2. The highest BCUT2D eigenvalue weighted by Gasteiger charge is 2.19. The molecular weight excluding hydrogens is 265 g/mol. The third-order valence-electron chi connectivity index (χ3n) is 2.46. The molecule has 0 aliphatic carbocycles. The van der Waals surface area contributed by atoms with Crippen LogP contribution in [0.25, 0.3) is 0 Å². The fourth-order valence-electron chi connectivity index (χ4n) is 1.63. The SMILES string of the molecule is O=C(NC1CCCOC1)c1cc(Cl)nnc1Cl. The van der Waals surface area contributed by atoms with Gasteiger partial charge in [-0.15, -0.1) is 10.2 Å². The molecule has 5 nitrogen and oxygen atoms in total. The van der Waals surface area contributed by atoms with E-state index in [2.05, 4.69) is 15.5 Å². The molecule has 92 valence electrons. The summed E-state index contributed by atoms with van der Waals surface area (Å²) in [4.78, 5) is 11.9. The summed E-state index contributed by atoms with van der Waals surface area (Å²) in [5, 5.41) is 10.1. The van der Waals surface area contributed by atoms with Gasteiger partial charge in [0.25, 0.3) is 5.91 Å². The van der Waals surface area contributed by atoms with Crippen LogP contribution >= 0.6 is 23.2 Å². The third kappa shape index (κ3) is 3.28. The van der Waals surface area contributed by atoms with Crippen molar-refractivity contribution in [1.29, 1.82) is 0 Å². The number of carbonyl (C=O) groups is 1. The highest BCUT2D eigenvalue weighted by molar-refractivity contribution is 6.34. The molecule has 0 bridgehead atoms. The monoisotopic (exact) mass is 275 g/mol. The summed E-state index contributed by atoms with van der Waals surface area (Å²) in [6.07, 6.45) is 1.84. The predicted molar refractivity (Wildman–Crippen MR) is 63.4 cm³/mol. The molecule has 1 atom stereocenters. The van der Waals surface area contributed by atoms with E-state index in [4.69, 9.17) is 27.9 Å². The molecule has 0 aromatic carbocycles. The van der Waals surface area contributed by atoms with Crippen LogP contribution in [0.3, 0.4) is 0 Å². The van der Waals surface area contributed by atoms with Gasteiger partial charge in [0, 0.05) is 6.61 Å². The summed E-state index contributed by atoms with van der Waals surface area (Å²) in [7, 11) is 0. The number of rotatable bonds is 2. The molecule has 0 spiro atoms. The Bertz CT molecular complexity index is 422. The zero-order valence-corrected chi connectivity index (χ0v) is 10.5. The van der Waals surface area contributed by atoms with E-state index >= 15 is 0 Å². The standard InChI is InChI=1S/C10H11Cl2N3O2/c11-8-4-7(9(12)15-14-8)10(16)13-6-2-1-3-17-5-6/h4,6H,1-3,5H2,(H,13,16). The number of ether oxygens (including phenoxy) is 1. The van der Waals surface area contributed by atoms with E-state index in [0.29, 0.717) is 6.61 Å². The fourth-order valence-corrected chi connectivity index (χ4v) is 1.96. The van der Waals surface area contributed by atoms with E-state index in [1.54, 1.807) is 0 Å². The Balaban J connectivity index is 2.05. The Hall–Kier alpha value is -0.910. The number of aromatic nitrogens is 2. The second-order valence-electron chi connectivity index (χ2n) is 3.76. The van der Waals surface area contributed by atoms with Gasteiger partial charge in [-0.2, -0.15) is 0 Å². The lowest BCUT2D eigenvalue weighted by Crippen LogP contribution is -2.40. The molecule has 1 amide bonds. The first kappa shape index (κ1) is 12.5. The second kappa shape index (κ2) is 5.62. The van der Waals surface area contributed by atoms with Crippen molar-refractivity contribution < 1.29 is 9.53 Å². The highest BCUT2D eigenvalue weighted by atomic mass is 35.5. The summed E-state index contributed by atoms with van der Waals surface area (Å²) in [6.45, 7) is 1.27. The largest absolute Gasteiger partial charge is 0.379 e. The quantitative estimate of drug-likeness (QED) is 0.892. The lowest BCUT2D eigenvalue weighted by molar-refractivity contribution is 0.0624. The molecule has 0 radical (unpaired) electrons. The maximum absolute atomic E-state index is 11.9. The van der Waals surface area contributed by atoms with Crippen LogP contribution in [0.1, 0.15) is 23.2 Å². The molecule has 17 heavy (non-hydrogen) atoms. The Kier molecular flexibility index (Phi) is 4.15. The van der Waals surface area contributed by atoms with Gasteiger partial charge in [0.15, 0.2) is 10.3 Å². The molecule has 1 aromatic rings. The van der Waals surface area contributed by atoms with Crippen LogP contribution in [-0.4, -0.2) is 35.4 Å². The number of hydrogen-bond donors (Lipinski definition) is 1. The first-order chi connectivity index (χ1) is 8.16. The van der Waals surface area contributed by atoms with Crippen LogP contribution in [0.5, 0.6) is 0 Å². The topological polar surface area (TPSA) is 64.1 Å². The molecule has 1 saturated heterocycles. The van der Waals surface area contributed by atoms with Crippen molar-refractivity contribution in [3.8, 4) is 0 Å². The normalized spacial score (nSPS) is 20.0. The van der Waals surface area contributed by atoms with Gasteiger partial charge in [-0.1, -0.05) is 23.2 Å². The fraction of sp³-hybridized carbons (Fsp3) is 0.500. The average molecular weight is 276 g/mol. The van der Waals surface area contributed by atoms with E-state index in [9.17, 15) is 4.79 Å². The molecule has 1 aromatic heterocycles. The molecule has 7 heteroatoms. The van der Waals surface area contributed by atoms with Gasteiger partial charge in [-0.05, 0) is 18.9 Å². The minimum Gasteiger partial charge on any atom is -0.379 e. The maximum atomic E-state index is 11.9. The van der Waals surface area contributed by atoms with Crippen molar-refractivity contribution in [2.24, 2.45) is 0 Å². The second-order valence-corrected chi connectivity index (χ2v) is 4.50. The number of carbonyl (C=O) groups excluding carboxylic acids is 1.